The van der Waals surface area contributed by atoms with Gasteiger partial charge in [-0.25, -0.2) is 9.59 Å². The Bertz CT molecular complexity index is 910. The smallest absolute Gasteiger partial charge is 0.341 e. The number of hydrogen-bond donors (Lipinski definition) is 1. The van der Waals surface area contributed by atoms with Crippen LogP contribution in [0, 0.1) is 0 Å². The van der Waals surface area contributed by atoms with E-state index in [1.165, 1.54) is 25.5 Å². The molecule has 0 saturated carbocycles. The van der Waals surface area contributed by atoms with Crippen molar-refractivity contribution < 1.29 is 23.5 Å². The topological polar surface area (TPSA) is 88.8 Å². The normalized spacial score (nSPS) is 19.6. The number of methoxy groups -OCH3 is 1. The number of urea groups is 1. The molecule has 1 aromatic carbocycles. The van der Waals surface area contributed by atoms with Gasteiger partial charge < -0.3 is 14.5 Å². The van der Waals surface area contributed by atoms with E-state index >= 15 is 0 Å². The summed E-state index contributed by atoms with van der Waals surface area (Å²) in [5.41, 5.74) is -0.680. The van der Waals surface area contributed by atoms with E-state index in [1.54, 1.807) is 19.1 Å². The Kier molecular flexibility index (Phi) is 4.68. The largest absolute Gasteiger partial charge is 0.467 e. The molecule has 1 aliphatic rings. The molecular formula is C17H14Cl2N2O5. The van der Waals surface area contributed by atoms with Crippen molar-refractivity contribution in [3.8, 4) is 0 Å². The summed E-state index contributed by atoms with van der Waals surface area (Å²) in [4.78, 5) is 38.0. The number of ether oxygens (including phenoxy) is 1. The molecule has 1 saturated heterocycles. The van der Waals surface area contributed by atoms with Crippen LogP contribution in [0.25, 0.3) is 0 Å². The Balaban J connectivity index is 1.91. The molecule has 1 atom stereocenters. The van der Waals surface area contributed by atoms with Gasteiger partial charge in [0, 0.05) is 0 Å². The average molecular weight is 397 g/mol. The first kappa shape index (κ1) is 18.3. The van der Waals surface area contributed by atoms with Crippen LogP contribution in [0.5, 0.6) is 0 Å². The zero-order valence-electron chi connectivity index (χ0n) is 13.8. The number of carbonyl (C=O) groups excluding carboxylic acids is 3. The number of furan rings is 1. The minimum absolute atomic E-state index is 0.149. The first-order chi connectivity index (χ1) is 12.3. The Labute approximate surface area is 158 Å². The second-order valence-corrected chi connectivity index (χ2v) is 6.64. The monoisotopic (exact) mass is 396 g/mol. The maximum absolute atomic E-state index is 12.9. The molecule has 0 unspecified atom stereocenters. The average Bonchev–Trinajstić information content (AvgIpc) is 3.16. The van der Waals surface area contributed by atoms with Gasteiger partial charge in [-0.3, -0.25) is 9.69 Å². The van der Waals surface area contributed by atoms with Crippen LogP contribution in [0.2, 0.25) is 10.0 Å². The lowest BCUT2D eigenvalue weighted by Gasteiger charge is -2.22. The molecular weight excluding hydrogens is 383 g/mol. The van der Waals surface area contributed by atoms with E-state index in [-0.39, 0.29) is 22.9 Å². The van der Waals surface area contributed by atoms with E-state index in [1.807, 2.05) is 0 Å². The van der Waals surface area contributed by atoms with Crippen molar-refractivity contribution >= 4 is 41.1 Å². The Morgan fingerprint density at radius 1 is 1.27 bits per heavy atom. The van der Waals surface area contributed by atoms with Gasteiger partial charge in [0.2, 0.25) is 0 Å². The fourth-order valence-corrected chi connectivity index (χ4v) is 3.04. The number of carbonyl (C=O) groups is 3. The molecule has 0 bridgehead atoms. The molecule has 0 radical (unpaired) electrons. The highest BCUT2D eigenvalue weighted by molar-refractivity contribution is 6.42. The molecule has 26 heavy (non-hydrogen) atoms. The Morgan fingerprint density at radius 3 is 2.65 bits per heavy atom. The van der Waals surface area contributed by atoms with Crippen molar-refractivity contribution in [3.05, 3.63) is 57.5 Å². The van der Waals surface area contributed by atoms with E-state index in [2.05, 4.69) is 10.1 Å². The van der Waals surface area contributed by atoms with E-state index in [0.29, 0.717) is 10.6 Å². The van der Waals surface area contributed by atoms with Crippen LogP contribution in [-0.2, 0) is 21.6 Å². The summed E-state index contributed by atoms with van der Waals surface area (Å²) in [6, 6.07) is 5.49. The highest BCUT2D eigenvalue weighted by atomic mass is 35.5. The number of benzene rings is 1. The molecule has 1 aliphatic heterocycles. The third kappa shape index (κ3) is 2.93. The molecule has 0 aliphatic carbocycles. The van der Waals surface area contributed by atoms with Gasteiger partial charge in [-0.05, 0) is 30.7 Å². The predicted molar refractivity (Wildman–Crippen MR) is 92.9 cm³/mol. The third-order valence-corrected chi connectivity index (χ3v) is 4.96. The van der Waals surface area contributed by atoms with Crippen LogP contribution >= 0.6 is 23.2 Å². The molecule has 3 amide bonds. The number of nitrogens with zero attached hydrogens (tertiary/aromatic N) is 1. The Morgan fingerprint density at radius 2 is 2.00 bits per heavy atom. The molecule has 0 spiro atoms. The van der Waals surface area contributed by atoms with Crippen LogP contribution in [0.15, 0.2) is 34.9 Å². The van der Waals surface area contributed by atoms with Gasteiger partial charge >= 0.3 is 12.0 Å². The molecule has 1 fully saturated rings. The van der Waals surface area contributed by atoms with Gasteiger partial charge in [0.15, 0.2) is 0 Å². The lowest BCUT2D eigenvalue weighted by molar-refractivity contribution is -0.131. The van der Waals surface area contributed by atoms with Crippen LogP contribution in [0.3, 0.4) is 0 Å². The molecule has 2 heterocycles. The summed E-state index contributed by atoms with van der Waals surface area (Å²) >= 11 is 11.9. The third-order valence-electron chi connectivity index (χ3n) is 4.22. The van der Waals surface area contributed by atoms with E-state index in [0.717, 1.165) is 4.90 Å². The van der Waals surface area contributed by atoms with Crippen molar-refractivity contribution in [2.75, 3.05) is 7.11 Å². The molecule has 3 rings (SSSR count). The highest BCUT2D eigenvalue weighted by Gasteiger charge is 2.49. The number of halogens is 2. The number of nitrogens with one attached hydrogen (secondary N) is 1. The lowest BCUT2D eigenvalue weighted by Crippen LogP contribution is -2.40. The molecule has 9 heteroatoms. The van der Waals surface area contributed by atoms with Gasteiger partial charge in [-0.2, -0.15) is 0 Å². The second-order valence-electron chi connectivity index (χ2n) is 5.82. The van der Waals surface area contributed by atoms with Crippen molar-refractivity contribution in [1.29, 1.82) is 0 Å². The predicted octanol–water partition coefficient (Wildman–Crippen LogP) is 3.34. The number of imide groups is 1. The molecule has 1 N–H and O–H groups in total. The fourth-order valence-electron chi connectivity index (χ4n) is 2.74. The molecule has 1 aromatic heterocycles. The van der Waals surface area contributed by atoms with Crippen molar-refractivity contribution in [1.82, 2.24) is 10.2 Å². The Hall–Kier alpha value is -2.51. The first-order valence-corrected chi connectivity index (χ1v) is 8.28. The SMILES string of the molecule is COC(=O)c1ccoc1CN1C(=O)N[C@@](C)(c2ccc(Cl)c(Cl)c2)C1=O. The van der Waals surface area contributed by atoms with Gasteiger partial charge in [0.1, 0.15) is 16.9 Å². The summed E-state index contributed by atoms with van der Waals surface area (Å²) in [5, 5.41) is 3.25. The van der Waals surface area contributed by atoms with Crippen LogP contribution in [0.4, 0.5) is 4.79 Å². The number of hydrogen-bond acceptors (Lipinski definition) is 5. The van der Waals surface area contributed by atoms with Gasteiger partial charge in [-0.1, -0.05) is 29.3 Å². The first-order valence-electron chi connectivity index (χ1n) is 7.52. The maximum Gasteiger partial charge on any atom is 0.341 e. The minimum atomic E-state index is -1.32. The standard InChI is InChI=1S/C17H14Cl2N2O5/c1-17(9-3-4-11(18)12(19)7-9)15(23)21(16(24)20-17)8-13-10(5-6-26-13)14(22)25-2/h3-7H,8H2,1-2H3,(H,20,24)/t17-/m0/s1. The highest BCUT2D eigenvalue weighted by Crippen LogP contribution is 2.33. The molecule has 7 nitrogen and oxygen atoms in total. The van der Waals surface area contributed by atoms with E-state index < -0.39 is 23.4 Å². The quantitative estimate of drug-likeness (QED) is 0.632. The van der Waals surface area contributed by atoms with Crippen LogP contribution < -0.4 is 5.32 Å². The zero-order chi connectivity index (χ0) is 19.1. The second kappa shape index (κ2) is 6.66. The van der Waals surface area contributed by atoms with Crippen LogP contribution in [0.1, 0.15) is 28.6 Å². The van der Waals surface area contributed by atoms with Gasteiger partial charge in [0.05, 0.1) is 30.0 Å². The minimum Gasteiger partial charge on any atom is -0.467 e. The summed E-state index contributed by atoms with van der Waals surface area (Å²) in [5.74, 6) is -0.972. The van der Waals surface area contributed by atoms with Gasteiger partial charge in [-0.15, -0.1) is 0 Å². The lowest BCUT2D eigenvalue weighted by atomic mass is 9.92. The fraction of sp³-hybridized carbons (Fsp3) is 0.235. The van der Waals surface area contributed by atoms with E-state index in [4.69, 9.17) is 27.6 Å². The number of rotatable bonds is 4. The summed E-state index contributed by atoms with van der Waals surface area (Å²) in [6.45, 7) is 1.36. The summed E-state index contributed by atoms with van der Waals surface area (Å²) < 4.78 is 9.90. The zero-order valence-corrected chi connectivity index (χ0v) is 15.4. The summed E-state index contributed by atoms with van der Waals surface area (Å²) in [7, 11) is 1.23. The van der Waals surface area contributed by atoms with Crippen molar-refractivity contribution in [2.24, 2.45) is 0 Å². The van der Waals surface area contributed by atoms with Crippen molar-refractivity contribution in [2.45, 2.75) is 19.0 Å². The molecule has 2 aromatic rings. The van der Waals surface area contributed by atoms with Crippen molar-refractivity contribution in [3.63, 3.8) is 0 Å². The maximum atomic E-state index is 12.9. The summed E-state index contributed by atoms with van der Waals surface area (Å²) in [6.07, 6.45) is 1.29. The van der Waals surface area contributed by atoms with Gasteiger partial charge in [0.25, 0.3) is 5.91 Å². The number of amides is 3. The van der Waals surface area contributed by atoms with Crippen LogP contribution in [-0.4, -0.2) is 29.9 Å². The number of esters is 1. The van der Waals surface area contributed by atoms with E-state index in [9.17, 15) is 14.4 Å². The molecule has 136 valence electrons.